The first-order valence-corrected chi connectivity index (χ1v) is 4.79. The van der Waals surface area contributed by atoms with Gasteiger partial charge in [-0.1, -0.05) is 0 Å². The summed E-state index contributed by atoms with van der Waals surface area (Å²) in [7, 11) is 0. The quantitative estimate of drug-likeness (QED) is 0.614. The number of carbonyl (C=O) groups is 1. The molecule has 18 heavy (non-hydrogen) atoms. The predicted molar refractivity (Wildman–Crippen MR) is 52.7 cm³/mol. The summed E-state index contributed by atoms with van der Waals surface area (Å²) in [4.78, 5) is 11.1. The van der Waals surface area contributed by atoms with Crippen LogP contribution in [0.4, 0.5) is 22.0 Å². The highest BCUT2D eigenvalue weighted by Crippen LogP contribution is 2.33. The molecule has 0 aliphatic heterocycles. The molecule has 2 nitrogen and oxygen atoms in total. The fourth-order valence-corrected chi connectivity index (χ4v) is 1.25. The Bertz CT molecular complexity index is 459. The van der Waals surface area contributed by atoms with Crippen molar-refractivity contribution in [3.63, 3.8) is 0 Å². The average molecular weight is 268 g/mol. The Morgan fingerprint density at radius 1 is 1.11 bits per heavy atom. The van der Waals surface area contributed by atoms with E-state index >= 15 is 0 Å². The number of alkyl halides is 5. The van der Waals surface area contributed by atoms with Gasteiger partial charge in [0.1, 0.15) is 5.75 Å². The van der Waals surface area contributed by atoms with Crippen molar-refractivity contribution in [2.45, 2.75) is 26.1 Å². The molecule has 0 amide bonds. The molecule has 0 N–H and O–H groups in total. The zero-order valence-corrected chi connectivity index (χ0v) is 9.44. The van der Waals surface area contributed by atoms with Gasteiger partial charge in [0, 0.05) is 18.1 Å². The van der Waals surface area contributed by atoms with Crippen LogP contribution in [-0.2, 0) is 5.92 Å². The highest BCUT2D eigenvalue weighted by molar-refractivity contribution is 5.94. The number of hydrogen-bond acceptors (Lipinski definition) is 2. The van der Waals surface area contributed by atoms with Crippen LogP contribution in [0.15, 0.2) is 18.2 Å². The van der Waals surface area contributed by atoms with E-state index in [1.54, 1.807) is 0 Å². The van der Waals surface area contributed by atoms with Gasteiger partial charge in [0.15, 0.2) is 5.78 Å². The lowest BCUT2D eigenvalue weighted by molar-refractivity contribution is -0.274. The van der Waals surface area contributed by atoms with Crippen LogP contribution in [0.2, 0.25) is 0 Å². The summed E-state index contributed by atoms with van der Waals surface area (Å²) in [6.07, 6.45) is -5.00. The van der Waals surface area contributed by atoms with Crippen molar-refractivity contribution >= 4 is 5.78 Å². The summed E-state index contributed by atoms with van der Waals surface area (Å²) in [6.45, 7) is 1.58. The van der Waals surface area contributed by atoms with E-state index in [0.717, 1.165) is 19.1 Å². The molecule has 0 saturated carbocycles. The maximum absolute atomic E-state index is 13.1. The lowest BCUT2D eigenvalue weighted by atomic mass is 10.0. The van der Waals surface area contributed by atoms with E-state index in [0.29, 0.717) is 13.0 Å². The van der Waals surface area contributed by atoms with Gasteiger partial charge in [0.25, 0.3) is 5.92 Å². The number of Topliss-reactive ketones (excluding diaryl/α,β-unsaturated/α-hetero) is 1. The molecule has 0 unspecified atom stereocenters. The van der Waals surface area contributed by atoms with Crippen LogP contribution in [0.5, 0.6) is 5.75 Å². The third-order valence-electron chi connectivity index (χ3n) is 2.05. The highest BCUT2D eigenvalue weighted by atomic mass is 19.4. The number of ether oxygens (including phenoxy) is 1. The fraction of sp³-hybridized carbons (Fsp3) is 0.364. The van der Waals surface area contributed by atoms with E-state index in [-0.39, 0.29) is 5.56 Å². The van der Waals surface area contributed by atoms with E-state index in [4.69, 9.17) is 0 Å². The minimum Gasteiger partial charge on any atom is -0.406 e. The van der Waals surface area contributed by atoms with Crippen molar-refractivity contribution in [3.05, 3.63) is 29.3 Å². The number of ketones is 1. The molecule has 1 aromatic carbocycles. The van der Waals surface area contributed by atoms with E-state index in [1.165, 1.54) is 0 Å². The Hall–Kier alpha value is -1.66. The van der Waals surface area contributed by atoms with Gasteiger partial charge < -0.3 is 4.74 Å². The molecule has 0 aliphatic carbocycles. The SMILES string of the molecule is CC(=O)c1cc(OC(F)(F)F)cc(C(C)(F)F)c1. The normalized spacial score (nSPS) is 12.4. The minimum atomic E-state index is -5.00. The smallest absolute Gasteiger partial charge is 0.406 e. The van der Waals surface area contributed by atoms with Crippen LogP contribution in [0.25, 0.3) is 0 Å². The topological polar surface area (TPSA) is 26.3 Å². The number of rotatable bonds is 3. The second-order valence-corrected chi connectivity index (χ2v) is 3.74. The maximum atomic E-state index is 13.1. The Morgan fingerprint density at radius 3 is 2.06 bits per heavy atom. The van der Waals surface area contributed by atoms with Crippen LogP contribution >= 0.6 is 0 Å². The van der Waals surface area contributed by atoms with Crippen molar-refractivity contribution in [2.24, 2.45) is 0 Å². The minimum absolute atomic E-state index is 0.270. The second-order valence-electron chi connectivity index (χ2n) is 3.74. The largest absolute Gasteiger partial charge is 0.573 e. The number of carbonyl (C=O) groups excluding carboxylic acids is 1. The fourth-order valence-electron chi connectivity index (χ4n) is 1.25. The molecule has 100 valence electrons. The van der Waals surface area contributed by atoms with Crippen LogP contribution < -0.4 is 4.74 Å². The third kappa shape index (κ3) is 3.97. The molecule has 0 aliphatic rings. The Balaban J connectivity index is 3.27. The van der Waals surface area contributed by atoms with Crippen molar-refractivity contribution in [1.82, 2.24) is 0 Å². The van der Waals surface area contributed by atoms with Crippen molar-refractivity contribution < 1.29 is 31.5 Å². The summed E-state index contributed by atoms with van der Waals surface area (Å²) >= 11 is 0. The standard InChI is InChI=1S/C11H9F5O2/c1-6(17)7-3-8(10(2,12)13)5-9(4-7)18-11(14,15)16/h3-5H,1-2H3. The average Bonchev–Trinajstić information content (AvgIpc) is 2.12. The molecule has 7 heteroatoms. The Kier molecular flexibility index (Phi) is 3.64. The number of benzene rings is 1. The number of hydrogen-bond donors (Lipinski definition) is 0. The van der Waals surface area contributed by atoms with E-state index in [9.17, 15) is 26.7 Å². The van der Waals surface area contributed by atoms with Gasteiger partial charge in [0.2, 0.25) is 0 Å². The third-order valence-corrected chi connectivity index (χ3v) is 2.05. The molecular weight excluding hydrogens is 259 g/mol. The Morgan fingerprint density at radius 2 is 1.67 bits per heavy atom. The highest BCUT2D eigenvalue weighted by Gasteiger charge is 2.33. The van der Waals surface area contributed by atoms with E-state index in [2.05, 4.69) is 4.74 Å². The predicted octanol–water partition coefficient (Wildman–Crippen LogP) is 3.90. The van der Waals surface area contributed by atoms with Crippen LogP contribution in [0, 0.1) is 0 Å². The first-order valence-electron chi connectivity index (χ1n) is 4.79. The first kappa shape index (κ1) is 14.4. The summed E-state index contributed by atoms with van der Waals surface area (Å²) in [5.41, 5.74) is -0.984. The van der Waals surface area contributed by atoms with Gasteiger partial charge in [-0.15, -0.1) is 13.2 Å². The molecule has 0 atom stereocenters. The zero-order valence-electron chi connectivity index (χ0n) is 9.44. The van der Waals surface area contributed by atoms with Crippen LogP contribution in [0.3, 0.4) is 0 Å². The first-order chi connectivity index (χ1) is 7.99. The van der Waals surface area contributed by atoms with E-state index < -0.39 is 29.4 Å². The summed E-state index contributed by atoms with van der Waals surface area (Å²) in [6, 6.07) is 2.16. The molecule has 0 aromatic heterocycles. The zero-order chi connectivity index (χ0) is 14.1. The molecule has 0 bridgehead atoms. The Labute approximate surface area is 99.4 Å². The van der Waals surface area contributed by atoms with Crippen LogP contribution in [-0.4, -0.2) is 12.1 Å². The maximum Gasteiger partial charge on any atom is 0.573 e. The lowest BCUT2D eigenvalue weighted by Gasteiger charge is -2.15. The molecule has 1 aromatic rings. The van der Waals surface area contributed by atoms with Crippen molar-refractivity contribution in [1.29, 1.82) is 0 Å². The number of halogens is 5. The summed E-state index contributed by atoms with van der Waals surface area (Å²) in [5.74, 6) is -4.84. The molecule has 0 spiro atoms. The summed E-state index contributed by atoms with van der Waals surface area (Å²) in [5, 5.41) is 0. The van der Waals surface area contributed by atoms with Gasteiger partial charge in [0.05, 0.1) is 0 Å². The van der Waals surface area contributed by atoms with Gasteiger partial charge in [-0.05, 0) is 25.1 Å². The van der Waals surface area contributed by atoms with Crippen molar-refractivity contribution in [2.75, 3.05) is 0 Å². The van der Waals surface area contributed by atoms with Gasteiger partial charge in [-0.25, -0.2) is 8.78 Å². The van der Waals surface area contributed by atoms with Gasteiger partial charge in [-0.3, -0.25) is 4.79 Å². The second kappa shape index (κ2) is 4.55. The molecule has 0 fully saturated rings. The monoisotopic (exact) mass is 268 g/mol. The van der Waals surface area contributed by atoms with E-state index in [1.807, 2.05) is 0 Å². The molecule has 0 radical (unpaired) electrons. The lowest BCUT2D eigenvalue weighted by Crippen LogP contribution is -2.18. The van der Waals surface area contributed by atoms with Crippen molar-refractivity contribution in [3.8, 4) is 5.75 Å². The molecular formula is C11H9F5O2. The van der Waals surface area contributed by atoms with Crippen LogP contribution in [0.1, 0.15) is 29.8 Å². The molecule has 0 heterocycles. The molecule has 1 rings (SSSR count). The molecule has 0 saturated heterocycles. The van der Waals surface area contributed by atoms with Gasteiger partial charge >= 0.3 is 6.36 Å². The van der Waals surface area contributed by atoms with Gasteiger partial charge in [-0.2, -0.15) is 0 Å². The summed E-state index contributed by atoms with van der Waals surface area (Å²) < 4.78 is 65.7.